The van der Waals surface area contributed by atoms with Gasteiger partial charge in [-0.2, -0.15) is 0 Å². The molecule has 0 aliphatic carbocycles. The maximum Gasteiger partial charge on any atom is 0.264 e. The van der Waals surface area contributed by atoms with Crippen LogP contribution in [0.5, 0.6) is 0 Å². The van der Waals surface area contributed by atoms with Gasteiger partial charge in [-0.1, -0.05) is 23.8 Å². The molecule has 168 valence electrons. The average molecular weight is 445 g/mol. The molecule has 2 aromatic carbocycles. The van der Waals surface area contributed by atoms with E-state index in [0.29, 0.717) is 17.8 Å². The van der Waals surface area contributed by atoms with Gasteiger partial charge in [-0.15, -0.1) is 0 Å². The minimum atomic E-state index is -3.76. The molecule has 8 heteroatoms. The molecule has 0 saturated carbocycles. The summed E-state index contributed by atoms with van der Waals surface area (Å²) in [6, 6.07) is 13.5. The predicted octanol–water partition coefficient (Wildman–Crippen LogP) is 2.19. The SMILES string of the molecule is Cc1ccc(N(C)S(=O)(=O)c2cccc(C(=O)NCCCN3CCN(C)CC3)c2)cc1. The first-order chi connectivity index (χ1) is 14.8. The number of carbonyl (C=O) groups is 1. The summed E-state index contributed by atoms with van der Waals surface area (Å²) in [7, 11) is -0.114. The number of carbonyl (C=O) groups excluding carboxylic acids is 1. The van der Waals surface area contributed by atoms with Crippen molar-refractivity contribution in [1.29, 1.82) is 0 Å². The van der Waals surface area contributed by atoms with Crippen LogP contribution in [0.25, 0.3) is 0 Å². The number of rotatable bonds is 8. The average Bonchev–Trinajstić information content (AvgIpc) is 2.78. The molecule has 1 fully saturated rings. The van der Waals surface area contributed by atoms with E-state index in [9.17, 15) is 13.2 Å². The molecule has 0 bridgehead atoms. The normalized spacial score (nSPS) is 15.6. The summed E-state index contributed by atoms with van der Waals surface area (Å²) in [6.45, 7) is 7.72. The van der Waals surface area contributed by atoms with Crippen LogP contribution in [0.2, 0.25) is 0 Å². The molecule has 2 aromatic rings. The maximum atomic E-state index is 13.0. The number of anilines is 1. The van der Waals surface area contributed by atoms with Crippen LogP contribution < -0.4 is 9.62 Å². The quantitative estimate of drug-likeness (QED) is 0.632. The largest absolute Gasteiger partial charge is 0.352 e. The van der Waals surface area contributed by atoms with Gasteiger partial charge in [-0.25, -0.2) is 8.42 Å². The van der Waals surface area contributed by atoms with Crippen LogP contribution >= 0.6 is 0 Å². The lowest BCUT2D eigenvalue weighted by Gasteiger charge is -2.32. The van der Waals surface area contributed by atoms with Crippen LogP contribution in [0.15, 0.2) is 53.4 Å². The zero-order valence-electron chi connectivity index (χ0n) is 18.5. The number of hydrogen-bond acceptors (Lipinski definition) is 5. The van der Waals surface area contributed by atoms with Crippen molar-refractivity contribution in [2.24, 2.45) is 0 Å². The number of piperazine rings is 1. The molecule has 7 nitrogen and oxygen atoms in total. The summed E-state index contributed by atoms with van der Waals surface area (Å²) in [4.78, 5) is 17.4. The van der Waals surface area contributed by atoms with E-state index in [-0.39, 0.29) is 10.8 Å². The van der Waals surface area contributed by atoms with Gasteiger partial charge in [0.05, 0.1) is 10.6 Å². The number of sulfonamides is 1. The van der Waals surface area contributed by atoms with E-state index in [4.69, 9.17) is 0 Å². The highest BCUT2D eigenvalue weighted by molar-refractivity contribution is 7.92. The van der Waals surface area contributed by atoms with E-state index in [1.165, 1.54) is 23.5 Å². The van der Waals surface area contributed by atoms with E-state index >= 15 is 0 Å². The van der Waals surface area contributed by atoms with Crippen LogP contribution in [0.1, 0.15) is 22.3 Å². The number of nitrogens with one attached hydrogen (secondary N) is 1. The molecule has 0 unspecified atom stereocenters. The number of benzene rings is 2. The predicted molar refractivity (Wildman–Crippen MR) is 124 cm³/mol. The van der Waals surface area contributed by atoms with Crippen LogP contribution in [0.3, 0.4) is 0 Å². The third-order valence-electron chi connectivity index (χ3n) is 5.68. The van der Waals surface area contributed by atoms with Crippen molar-refractivity contribution in [2.45, 2.75) is 18.2 Å². The Balaban J connectivity index is 1.58. The van der Waals surface area contributed by atoms with Gasteiger partial charge in [0.25, 0.3) is 15.9 Å². The second-order valence-corrected chi connectivity index (χ2v) is 10.1. The van der Waals surface area contributed by atoms with Gasteiger partial charge in [0.1, 0.15) is 0 Å². The Labute approximate surface area is 185 Å². The van der Waals surface area contributed by atoms with E-state index in [2.05, 4.69) is 22.2 Å². The summed E-state index contributed by atoms with van der Waals surface area (Å²) in [5, 5.41) is 2.91. The van der Waals surface area contributed by atoms with Gasteiger partial charge in [-0.05, 0) is 57.3 Å². The number of nitrogens with zero attached hydrogens (tertiary/aromatic N) is 3. The fourth-order valence-electron chi connectivity index (χ4n) is 3.53. The second kappa shape index (κ2) is 10.3. The highest BCUT2D eigenvalue weighted by atomic mass is 32.2. The minimum Gasteiger partial charge on any atom is -0.352 e. The van der Waals surface area contributed by atoms with Crippen molar-refractivity contribution in [1.82, 2.24) is 15.1 Å². The van der Waals surface area contributed by atoms with Gasteiger partial charge in [0, 0.05) is 45.3 Å². The molecule has 1 aliphatic heterocycles. The summed E-state index contributed by atoms with van der Waals surface area (Å²) in [5.41, 5.74) is 1.98. The van der Waals surface area contributed by atoms with Crippen LogP contribution in [-0.4, -0.2) is 77.5 Å². The van der Waals surface area contributed by atoms with E-state index in [1.54, 1.807) is 24.3 Å². The molecule has 0 radical (unpaired) electrons. The topological polar surface area (TPSA) is 73.0 Å². The highest BCUT2D eigenvalue weighted by Crippen LogP contribution is 2.23. The van der Waals surface area contributed by atoms with E-state index in [1.807, 2.05) is 19.1 Å². The molecule has 0 aromatic heterocycles. The van der Waals surface area contributed by atoms with Crippen molar-refractivity contribution in [3.8, 4) is 0 Å². The van der Waals surface area contributed by atoms with Crippen molar-refractivity contribution >= 4 is 21.6 Å². The highest BCUT2D eigenvalue weighted by Gasteiger charge is 2.22. The first kappa shape index (κ1) is 23.2. The molecule has 1 heterocycles. The Bertz CT molecular complexity index is 984. The molecule has 31 heavy (non-hydrogen) atoms. The van der Waals surface area contributed by atoms with Crippen molar-refractivity contribution in [3.63, 3.8) is 0 Å². The Kier molecular flexibility index (Phi) is 7.69. The number of hydrogen-bond donors (Lipinski definition) is 1. The molecule has 1 aliphatic rings. The van der Waals surface area contributed by atoms with Crippen molar-refractivity contribution in [2.75, 3.05) is 57.7 Å². The lowest BCUT2D eigenvalue weighted by Crippen LogP contribution is -2.45. The van der Waals surface area contributed by atoms with E-state index < -0.39 is 10.0 Å². The Morgan fingerprint density at radius 1 is 1.06 bits per heavy atom. The monoisotopic (exact) mass is 444 g/mol. The fraction of sp³-hybridized carbons (Fsp3) is 0.435. The Morgan fingerprint density at radius 3 is 2.42 bits per heavy atom. The van der Waals surface area contributed by atoms with Crippen LogP contribution in [-0.2, 0) is 10.0 Å². The molecule has 1 saturated heterocycles. The standard InChI is InChI=1S/C23H32N4O3S/c1-19-8-10-21(11-9-19)26(3)31(29,30)22-7-4-6-20(18-22)23(28)24-12-5-13-27-16-14-25(2)15-17-27/h4,6-11,18H,5,12-17H2,1-3H3,(H,24,28). The number of likely N-dealkylation sites (N-methyl/N-ethyl adjacent to an activating group) is 1. The van der Waals surface area contributed by atoms with Gasteiger partial charge in [-0.3, -0.25) is 9.10 Å². The van der Waals surface area contributed by atoms with Crippen LogP contribution in [0.4, 0.5) is 5.69 Å². The lowest BCUT2D eigenvalue weighted by atomic mass is 10.2. The van der Waals surface area contributed by atoms with Crippen LogP contribution in [0, 0.1) is 6.92 Å². The third kappa shape index (κ3) is 6.06. The Hall–Kier alpha value is -2.42. The maximum absolute atomic E-state index is 13.0. The number of amides is 1. The summed E-state index contributed by atoms with van der Waals surface area (Å²) < 4.78 is 27.3. The number of aryl methyl sites for hydroxylation is 1. The molecular formula is C23H32N4O3S. The van der Waals surface area contributed by atoms with E-state index in [0.717, 1.165) is 44.7 Å². The molecule has 0 atom stereocenters. The molecular weight excluding hydrogens is 412 g/mol. The van der Waals surface area contributed by atoms with Crippen molar-refractivity contribution in [3.05, 3.63) is 59.7 Å². The zero-order chi connectivity index (χ0) is 22.4. The third-order valence-corrected chi connectivity index (χ3v) is 7.47. The summed E-state index contributed by atoms with van der Waals surface area (Å²) in [5.74, 6) is -0.256. The molecule has 3 rings (SSSR count). The second-order valence-electron chi connectivity index (χ2n) is 8.09. The van der Waals surface area contributed by atoms with Gasteiger partial charge in [0.2, 0.25) is 0 Å². The smallest absolute Gasteiger partial charge is 0.264 e. The minimum absolute atomic E-state index is 0.0978. The summed E-state index contributed by atoms with van der Waals surface area (Å²) in [6.07, 6.45) is 0.865. The fourth-order valence-corrected chi connectivity index (χ4v) is 4.77. The van der Waals surface area contributed by atoms with Crippen molar-refractivity contribution < 1.29 is 13.2 Å². The molecule has 0 spiro atoms. The van der Waals surface area contributed by atoms with Gasteiger partial charge in [0.15, 0.2) is 0 Å². The van der Waals surface area contributed by atoms with Gasteiger partial charge >= 0.3 is 0 Å². The molecule has 1 amide bonds. The Morgan fingerprint density at radius 2 is 1.74 bits per heavy atom. The lowest BCUT2D eigenvalue weighted by molar-refractivity contribution is 0.0949. The molecule has 1 N–H and O–H groups in total. The van der Waals surface area contributed by atoms with Gasteiger partial charge < -0.3 is 15.1 Å². The first-order valence-electron chi connectivity index (χ1n) is 10.6. The summed E-state index contributed by atoms with van der Waals surface area (Å²) >= 11 is 0. The zero-order valence-corrected chi connectivity index (χ0v) is 19.4. The first-order valence-corrected chi connectivity index (χ1v) is 12.1.